The molecule has 2 heterocycles. The van der Waals surface area contributed by atoms with Crippen LogP contribution in [-0.4, -0.2) is 41.8 Å². The van der Waals surface area contributed by atoms with Crippen molar-refractivity contribution >= 4 is 21.7 Å². The van der Waals surface area contributed by atoms with Gasteiger partial charge in [-0.2, -0.15) is 5.10 Å². The minimum absolute atomic E-state index is 0.162. The number of carbonyl (C=O) groups excluding carboxylic acids is 1. The van der Waals surface area contributed by atoms with Gasteiger partial charge in [0.15, 0.2) is 5.82 Å². The largest absolute Gasteiger partial charge is 0.338 e. The van der Waals surface area contributed by atoms with Crippen molar-refractivity contribution in [2.75, 3.05) is 17.5 Å². The molecule has 1 aliphatic heterocycles. The van der Waals surface area contributed by atoms with Crippen molar-refractivity contribution < 1.29 is 13.2 Å². The van der Waals surface area contributed by atoms with Crippen LogP contribution in [0.2, 0.25) is 0 Å². The summed E-state index contributed by atoms with van der Waals surface area (Å²) in [5, 5.41) is 4.24. The molecule has 1 saturated carbocycles. The maximum Gasteiger partial charge on any atom is 0.231 e. The van der Waals surface area contributed by atoms with Crippen LogP contribution < -0.4 is 4.72 Å². The molecule has 21 heavy (non-hydrogen) atoms. The number of carbonyl (C=O) groups is 1. The van der Waals surface area contributed by atoms with E-state index >= 15 is 0 Å². The Kier molecular flexibility index (Phi) is 3.43. The van der Waals surface area contributed by atoms with E-state index in [1.165, 1.54) is 0 Å². The fraction of sp³-hybridized carbons (Fsp3) is 0.692. The van der Waals surface area contributed by atoms with Crippen LogP contribution in [-0.2, 0) is 34.8 Å². The van der Waals surface area contributed by atoms with Gasteiger partial charge in [0, 0.05) is 37.2 Å². The summed E-state index contributed by atoms with van der Waals surface area (Å²) < 4.78 is 27.0. The van der Waals surface area contributed by atoms with Gasteiger partial charge in [-0.25, -0.2) is 8.42 Å². The lowest BCUT2D eigenvalue weighted by Gasteiger charge is -2.34. The summed E-state index contributed by atoms with van der Waals surface area (Å²) in [6, 6.07) is 0. The molecule has 0 unspecified atom stereocenters. The second-order valence-electron chi connectivity index (χ2n) is 5.91. The Morgan fingerprint density at radius 1 is 1.38 bits per heavy atom. The molecule has 1 N–H and O–H groups in total. The zero-order chi connectivity index (χ0) is 15.2. The van der Waals surface area contributed by atoms with E-state index in [0.717, 1.165) is 36.8 Å². The van der Waals surface area contributed by atoms with Crippen LogP contribution in [0.4, 0.5) is 5.82 Å². The molecule has 0 bridgehead atoms. The van der Waals surface area contributed by atoms with Crippen molar-refractivity contribution in [1.82, 2.24) is 14.7 Å². The molecule has 3 rings (SSSR count). The molecule has 1 amide bonds. The lowest BCUT2D eigenvalue weighted by Crippen LogP contribution is -2.42. The minimum Gasteiger partial charge on any atom is -0.338 e. The Hall–Kier alpha value is -1.57. The molecule has 1 fully saturated rings. The summed E-state index contributed by atoms with van der Waals surface area (Å²) in [5.41, 5.74) is 1.82. The monoisotopic (exact) mass is 312 g/mol. The van der Waals surface area contributed by atoms with Gasteiger partial charge in [0.25, 0.3) is 0 Å². The van der Waals surface area contributed by atoms with E-state index < -0.39 is 10.0 Å². The number of aryl methyl sites for hydroxylation is 1. The number of aromatic nitrogens is 2. The molecule has 0 aromatic carbocycles. The van der Waals surface area contributed by atoms with Crippen LogP contribution in [0.5, 0.6) is 0 Å². The van der Waals surface area contributed by atoms with Gasteiger partial charge in [-0.1, -0.05) is 6.42 Å². The number of anilines is 1. The summed E-state index contributed by atoms with van der Waals surface area (Å²) in [6.07, 6.45) is 4.90. The van der Waals surface area contributed by atoms with E-state index in [2.05, 4.69) is 9.82 Å². The van der Waals surface area contributed by atoms with Gasteiger partial charge in [0.2, 0.25) is 15.9 Å². The quantitative estimate of drug-likeness (QED) is 0.879. The summed E-state index contributed by atoms with van der Waals surface area (Å²) >= 11 is 0. The number of nitrogens with zero attached hydrogens (tertiary/aromatic N) is 3. The molecule has 116 valence electrons. The number of sulfonamides is 1. The minimum atomic E-state index is -3.37. The predicted octanol–water partition coefficient (Wildman–Crippen LogP) is 0.476. The highest BCUT2D eigenvalue weighted by molar-refractivity contribution is 7.92. The van der Waals surface area contributed by atoms with E-state index in [1.807, 2.05) is 4.90 Å². The second-order valence-corrected chi connectivity index (χ2v) is 7.66. The molecular formula is C13H20N4O3S. The molecule has 1 aromatic heterocycles. The van der Waals surface area contributed by atoms with Crippen LogP contribution in [0.15, 0.2) is 0 Å². The van der Waals surface area contributed by atoms with E-state index in [-0.39, 0.29) is 11.8 Å². The van der Waals surface area contributed by atoms with E-state index in [1.54, 1.807) is 11.7 Å². The molecule has 0 saturated heterocycles. The van der Waals surface area contributed by atoms with E-state index in [9.17, 15) is 13.2 Å². The lowest BCUT2D eigenvalue weighted by atomic mass is 9.84. The molecule has 1 aromatic rings. The van der Waals surface area contributed by atoms with Gasteiger partial charge < -0.3 is 4.90 Å². The number of hydrogen-bond donors (Lipinski definition) is 1. The van der Waals surface area contributed by atoms with Crippen LogP contribution in [0.25, 0.3) is 0 Å². The second kappa shape index (κ2) is 5.01. The Balaban J connectivity index is 1.84. The first kappa shape index (κ1) is 14.4. The van der Waals surface area contributed by atoms with Crippen molar-refractivity contribution in [3.05, 3.63) is 11.3 Å². The standard InChI is InChI=1S/C13H20N4O3S/c1-16-11-6-7-17(13(18)9-4-3-5-9)8-10(11)12(14-16)15-21(2,19)20/h9H,3-8H2,1-2H3,(H,14,15). The first-order chi connectivity index (χ1) is 9.85. The van der Waals surface area contributed by atoms with Gasteiger partial charge in [-0.3, -0.25) is 14.2 Å². The van der Waals surface area contributed by atoms with Gasteiger partial charge in [0.05, 0.1) is 12.8 Å². The fourth-order valence-corrected chi connectivity index (χ4v) is 3.47. The first-order valence-electron chi connectivity index (χ1n) is 7.16. The molecule has 8 heteroatoms. The van der Waals surface area contributed by atoms with Crippen molar-refractivity contribution in [2.45, 2.75) is 32.2 Å². The molecule has 0 atom stereocenters. The summed E-state index contributed by atoms with van der Waals surface area (Å²) in [4.78, 5) is 14.2. The highest BCUT2D eigenvalue weighted by atomic mass is 32.2. The zero-order valence-electron chi connectivity index (χ0n) is 12.3. The van der Waals surface area contributed by atoms with Crippen LogP contribution in [0, 0.1) is 5.92 Å². The van der Waals surface area contributed by atoms with E-state index in [4.69, 9.17) is 0 Å². The maximum absolute atomic E-state index is 12.4. The van der Waals surface area contributed by atoms with Crippen LogP contribution in [0.3, 0.4) is 0 Å². The van der Waals surface area contributed by atoms with Crippen LogP contribution >= 0.6 is 0 Å². The molecule has 0 spiro atoms. The highest BCUT2D eigenvalue weighted by Crippen LogP contribution is 2.32. The Morgan fingerprint density at radius 3 is 2.67 bits per heavy atom. The Morgan fingerprint density at radius 2 is 2.10 bits per heavy atom. The van der Waals surface area contributed by atoms with Gasteiger partial charge in [0.1, 0.15) is 0 Å². The number of hydrogen-bond acceptors (Lipinski definition) is 4. The van der Waals surface area contributed by atoms with Crippen molar-refractivity contribution in [3.63, 3.8) is 0 Å². The zero-order valence-corrected chi connectivity index (χ0v) is 13.1. The average Bonchev–Trinajstić information content (AvgIpc) is 2.61. The highest BCUT2D eigenvalue weighted by Gasteiger charge is 2.33. The first-order valence-corrected chi connectivity index (χ1v) is 9.05. The average molecular weight is 312 g/mol. The number of amides is 1. The summed E-state index contributed by atoms with van der Waals surface area (Å²) in [7, 11) is -1.57. The van der Waals surface area contributed by atoms with Crippen molar-refractivity contribution in [3.8, 4) is 0 Å². The molecule has 7 nitrogen and oxygen atoms in total. The normalized spacial score (nSPS) is 19.0. The third-order valence-electron chi connectivity index (χ3n) is 4.29. The van der Waals surface area contributed by atoms with Crippen molar-refractivity contribution in [1.29, 1.82) is 0 Å². The third kappa shape index (κ3) is 2.76. The topological polar surface area (TPSA) is 84.3 Å². The maximum atomic E-state index is 12.4. The van der Waals surface area contributed by atoms with Crippen LogP contribution in [0.1, 0.15) is 30.5 Å². The van der Waals surface area contributed by atoms with Gasteiger partial charge >= 0.3 is 0 Å². The van der Waals surface area contributed by atoms with Gasteiger partial charge in [-0.15, -0.1) is 0 Å². The van der Waals surface area contributed by atoms with E-state index in [0.29, 0.717) is 25.3 Å². The SMILES string of the molecule is Cn1nc(NS(C)(=O)=O)c2c1CCN(C(=O)C1CCC1)C2. The van der Waals surface area contributed by atoms with Crippen molar-refractivity contribution in [2.24, 2.45) is 13.0 Å². The predicted molar refractivity (Wildman–Crippen MR) is 78.1 cm³/mol. The number of fused-ring (bicyclic) bond motifs is 1. The Labute approximate surface area is 124 Å². The third-order valence-corrected chi connectivity index (χ3v) is 4.85. The van der Waals surface area contributed by atoms with Gasteiger partial charge in [-0.05, 0) is 12.8 Å². The number of nitrogens with one attached hydrogen (secondary N) is 1. The fourth-order valence-electron chi connectivity index (χ4n) is 2.95. The Bertz CT molecular complexity index is 676. The molecule has 1 aliphatic carbocycles. The smallest absolute Gasteiger partial charge is 0.231 e. The summed E-state index contributed by atoms with van der Waals surface area (Å²) in [5.74, 6) is 0.705. The molecule has 2 aliphatic rings. The molecule has 0 radical (unpaired) electrons. The molecular weight excluding hydrogens is 292 g/mol. The summed E-state index contributed by atoms with van der Waals surface area (Å²) in [6.45, 7) is 1.12. The number of rotatable bonds is 3. The lowest BCUT2D eigenvalue weighted by molar-refractivity contribution is -0.139.